The van der Waals surface area contributed by atoms with E-state index in [0.717, 1.165) is 26.5 Å². The number of hydrogen-bond donors (Lipinski definition) is 2. The number of fused-ring (bicyclic) bond motifs is 1. The number of hydrogen-bond acceptors (Lipinski definition) is 5. The van der Waals surface area contributed by atoms with E-state index in [1.165, 1.54) is 0 Å². The maximum atomic E-state index is 9.65. The highest BCUT2D eigenvalue weighted by Crippen LogP contribution is 2.34. The summed E-state index contributed by atoms with van der Waals surface area (Å²) in [6.45, 7) is 0. The lowest BCUT2D eigenvalue weighted by Gasteiger charge is -2.00. The van der Waals surface area contributed by atoms with Gasteiger partial charge in [-0.25, -0.2) is 4.98 Å². The molecule has 0 saturated heterocycles. The number of nitrogens with two attached hydrogens (primary N) is 1. The molecule has 0 radical (unpaired) electrons. The van der Waals surface area contributed by atoms with E-state index in [4.69, 9.17) is 10.5 Å². The zero-order valence-electron chi connectivity index (χ0n) is 10.3. The molecule has 0 spiro atoms. The molecule has 1 aromatic heterocycles. The molecular formula is C14H12N2O2S. The van der Waals surface area contributed by atoms with Crippen molar-refractivity contribution in [2.45, 2.75) is 0 Å². The van der Waals surface area contributed by atoms with Gasteiger partial charge in [0, 0.05) is 5.56 Å². The van der Waals surface area contributed by atoms with Crippen molar-refractivity contribution in [3.8, 4) is 22.1 Å². The molecule has 4 nitrogen and oxygen atoms in total. The molecule has 0 amide bonds. The van der Waals surface area contributed by atoms with Gasteiger partial charge in [-0.2, -0.15) is 0 Å². The Kier molecular flexibility index (Phi) is 2.76. The van der Waals surface area contributed by atoms with E-state index in [1.54, 1.807) is 30.6 Å². The number of aromatic hydroxyl groups is 1. The highest BCUT2D eigenvalue weighted by atomic mass is 32.1. The van der Waals surface area contributed by atoms with Crippen LogP contribution in [-0.4, -0.2) is 17.2 Å². The van der Waals surface area contributed by atoms with E-state index in [0.29, 0.717) is 5.69 Å². The van der Waals surface area contributed by atoms with Crippen molar-refractivity contribution >= 4 is 27.2 Å². The summed E-state index contributed by atoms with van der Waals surface area (Å²) in [5.74, 6) is 0.886. The molecule has 3 N–H and O–H groups in total. The van der Waals surface area contributed by atoms with Crippen molar-refractivity contribution in [3.05, 3.63) is 36.4 Å². The summed E-state index contributed by atoms with van der Waals surface area (Å²) < 4.78 is 6.24. The maximum absolute atomic E-state index is 9.65. The van der Waals surface area contributed by atoms with E-state index in [9.17, 15) is 5.11 Å². The Hall–Kier alpha value is -2.27. The van der Waals surface area contributed by atoms with Gasteiger partial charge >= 0.3 is 0 Å². The van der Waals surface area contributed by atoms with Gasteiger partial charge in [0.1, 0.15) is 16.5 Å². The first kappa shape index (κ1) is 11.8. The number of aromatic nitrogens is 1. The summed E-state index contributed by atoms with van der Waals surface area (Å²) in [7, 11) is 1.64. The summed E-state index contributed by atoms with van der Waals surface area (Å²) in [6.07, 6.45) is 0. The van der Waals surface area contributed by atoms with Crippen molar-refractivity contribution in [1.29, 1.82) is 0 Å². The number of methoxy groups -OCH3 is 1. The summed E-state index contributed by atoms with van der Waals surface area (Å²) in [5, 5.41) is 10.5. The van der Waals surface area contributed by atoms with Crippen molar-refractivity contribution in [2.75, 3.05) is 12.8 Å². The lowest BCUT2D eigenvalue weighted by atomic mass is 10.2. The highest BCUT2D eigenvalue weighted by Gasteiger charge is 2.08. The van der Waals surface area contributed by atoms with Gasteiger partial charge in [-0.15, -0.1) is 11.3 Å². The molecule has 2 aromatic carbocycles. The second-order valence-electron chi connectivity index (χ2n) is 4.13. The van der Waals surface area contributed by atoms with Crippen LogP contribution in [0.2, 0.25) is 0 Å². The van der Waals surface area contributed by atoms with E-state index in [-0.39, 0.29) is 5.75 Å². The summed E-state index contributed by atoms with van der Waals surface area (Å²) in [5.41, 5.74) is 7.73. The number of rotatable bonds is 2. The highest BCUT2D eigenvalue weighted by molar-refractivity contribution is 7.21. The Morgan fingerprint density at radius 3 is 2.79 bits per heavy atom. The molecule has 96 valence electrons. The number of ether oxygens (including phenoxy) is 1. The maximum Gasteiger partial charge on any atom is 0.139 e. The van der Waals surface area contributed by atoms with Gasteiger partial charge < -0.3 is 15.6 Å². The fourth-order valence-electron chi connectivity index (χ4n) is 1.83. The Labute approximate surface area is 114 Å². The monoisotopic (exact) mass is 272 g/mol. The minimum Gasteiger partial charge on any atom is -0.506 e. The number of nitrogens with zero attached hydrogens (tertiary/aromatic N) is 1. The Morgan fingerprint density at radius 1 is 1.21 bits per heavy atom. The van der Waals surface area contributed by atoms with Gasteiger partial charge in [0.15, 0.2) is 0 Å². The van der Waals surface area contributed by atoms with E-state index < -0.39 is 0 Å². The first-order valence-electron chi connectivity index (χ1n) is 5.71. The molecule has 0 aliphatic carbocycles. The molecule has 5 heteroatoms. The molecule has 0 aliphatic rings. The Balaban J connectivity index is 2.11. The molecule has 0 bridgehead atoms. The van der Waals surface area contributed by atoms with Crippen LogP contribution in [0.5, 0.6) is 11.5 Å². The minimum absolute atomic E-state index is 0.0781. The number of phenolic OH excluding ortho intramolecular Hbond substituents is 1. The van der Waals surface area contributed by atoms with Crippen molar-refractivity contribution in [3.63, 3.8) is 0 Å². The SMILES string of the molecule is COc1ccc2nc(-c3ccc(N)c(O)c3)sc2c1. The van der Waals surface area contributed by atoms with Crippen LogP contribution in [0.15, 0.2) is 36.4 Å². The normalized spacial score (nSPS) is 10.8. The average molecular weight is 272 g/mol. The van der Waals surface area contributed by atoms with Crippen LogP contribution in [0.25, 0.3) is 20.8 Å². The van der Waals surface area contributed by atoms with Crippen LogP contribution in [0.1, 0.15) is 0 Å². The van der Waals surface area contributed by atoms with Gasteiger partial charge in [-0.3, -0.25) is 0 Å². The topological polar surface area (TPSA) is 68.4 Å². The molecule has 0 aliphatic heterocycles. The van der Waals surface area contributed by atoms with Crippen LogP contribution < -0.4 is 10.5 Å². The molecule has 3 aromatic rings. The minimum atomic E-state index is 0.0781. The van der Waals surface area contributed by atoms with Crippen molar-refractivity contribution in [2.24, 2.45) is 0 Å². The third-order valence-corrected chi connectivity index (χ3v) is 3.94. The van der Waals surface area contributed by atoms with Crippen LogP contribution in [0.3, 0.4) is 0 Å². The molecule has 0 unspecified atom stereocenters. The van der Waals surface area contributed by atoms with Gasteiger partial charge in [0.25, 0.3) is 0 Å². The van der Waals surface area contributed by atoms with Crippen LogP contribution in [0.4, 0.5) is 5.69 Å². The first-order valence-corrected chi connectivity index (χ1v) is 6.52. The third-order valence-electron chi connectivity index (χ3n) is 2.87. The van der Waals surface area contributed by atoms with E-state index in [1.807, 2.05) is 24.3 Å². The second-order valence-corrected chi connectivity index (χ2v) is 5.16. The predicted molar refractivity (Wildman–Crippen MR) is 77.7 cm³/mol. The molecule has 1 heterocycles. The van der Waals surface area contributed by atoms with Gasteiger partial charge in [0.2, 0.25) is 0 Å². The smallest absolute Gasteiger partial charge is 0.139 e. The largest absolute Gasteiger partial charge is 0.506 e. The summed E-state index contributed by atoms with van der Waals surface area (Å²) in [4.78, 5) is 4.54. The fraction of sp³-hybridized carbons (Fsp3) is 0.0714. The first-order chi connectivity index (χ1) is 9.17. The van der Waals surface area contributed by atoms with Crippen molar-refractivity contribution < 1.29 is 9.84 Å². The molecular weight excluding hydrogens is 260 g/mol. The van der Waals surface area contributed by atoms with Crippen molar-refractivity contribution in [1.82, 2.24) is 4.98 Å². The van der Waals surface area contributed by atoms with Crippen LogP contribution in [0, 0.1) is 0 Å². The summed E-state index contributed by atoms with van der Waals surface area (Å²) in [6, 6.07) is 10.9. The zero-order chi connectivity index (χ0) is 13.4. The molecule has 19 heavy (non-hydrogen) atoms. The average Bonchev–Trinajstić information content (AvgIpc) is 2.84. The quantitative estimate of drug-likeness (QED) is 0.555. The molecule has 3 rings (SSSR count). The van der Waals surface area contributed by atoms with Crippen LogP contribution in [-0.2, 0) is 0 Å². The molecule has 0 fully saturated rings. The van der Waals surface area contributed by atoms with Gasteiger partial charge in [-0.1, -0.05) is 0 Å². The molecule has 0 saturated carbocycles. The molecule has 0 atom stereocenters. The Morgan fingerprint density at radius 2 is 2.05 bits per heavy atom. The standard InChI is InChI=1S/C14H12N2O2S/c1-18-9-3-5-11-13(7-9)19-14(16-11)8-2-4-10(15)12(17)6-8/h2-7,17H,15H2,1H3. The van der Waals surface area contributed by atoms with E-state index >= 15 is 0 Å². The second kappa shape index (κ2) is 4.44. The lowest BCUT2D eigenvalue weighted by molar-refractivity contribution is 0.415. The van der Waals surface area contributed by atoms with Crippen LogP contribution >= 0.6 is 11.3 Å². The number of nitrogen functional groups attached to an aromatic ring is 1. The summed E-state index contributed by atoms with van der Waals surface area (Å²) >= 11 is 1.55. The Bertz CT molecular complexity index is 752. The predicted octanol–water partition coefficient (Wildman–Crippen LogP) is 3.26. The fourth-order valence-corrected chi connectivity index (χ4v) is 2.82. The van der Waals surface area contributed by atoms with E-state index in [2.05, 4.69) is 4.98 Å². The van der Waals surface area contributed by atoms with Gasteiger partial charge in [-0.05, 0) is 36.4 Å². The number of anilines is 1. The number of thiazole rings is 1. The zero-order valence-corrected chi connectivity index (χ0v) is 11.1. The lowest BCUT2D eigenvalue weighted by Crippen LogP contribution is -1.85. The third kappa shape index (κ3) is 2.08. The number of benzene rings is 2. The van der Waals surface area contributed by atoms with Gasteiger partial charge in [0.05, 0.1) is 23.0 Å². The number of phenols is 1.